The molecule has 1 aromatic carbocycles. The highest BCUT2D eigenvalue weighted by Crippen LogP contribution is 2.54. The summed E-state index contributed by atoms with van der Waals surface area (Å²) in [7, 11) is 4.28. The molecular formula is C31H41ClN2O4. The minimum Gasteiger partial charge on any atom is -0.448 e. The van der Waals surface area contributed by atoms with Gasteiger partial charge in [0.05, 0.1) is 10.6 Å². The normalized spacial score (nSPS) is 27.3. The Balaban J connectivity index is 1.42. The molecule has 0 N–H and O–H groups in total. The number of hydrogen-bond acceptors (Lipinski definition) is 5. The molecule has 0 spiro atoms. The predicted octanol–water partition coefficient (Wildman–Crippen LogP) is 6.27. The van der Waals surface area contributed by atoms with E-state index in [1.54, 1.807) is 0 Å². The molecule has 1 amide bonds. The lowest BCUT2D eigenvalue weighted by Gasteiger charge is -2.39. The summed E-state index contributed by atoms with van der Waals surface area (Å²) >= 11 is 6.93. The van der Waals surface area contributed by atoms with Crippen LogP contribution in [-0.2, 0) is 11.2 Å². The topological polar surface area (TPSA) is 59.1 Å². The molecule has 4 aliphatic rings. The average Bonchev–Trinajstić information content (AvgIpc) is 3.25. The van der Waals surface area contributed by atoms with Crippen molar-refractivity contribution in [1.82, 2.24) is 9.80 Å². The summed E-state index contributed by atoms with van der Waals surface area (Å²) in [6.07, 6.45) is 9.25. The van der Waals surface area contributed by atoms with E-state index in [0.717, 1.165) is 66.4 Å². The van der Waals surface area contributed by atoms with Crippen LogP contribution in [0.1, 0.15) is 87.2 Å². The highest BCUT2D eigenvalue weighted by atomic mass is 35.5. The summed E-state index contributed by atoms with van der Waals surface area (Å²) in [4.78, 5) is 31.0. The maximum atomic E-state index is 13.9. The summed E-state index contributed by atoms with van der Waals surface area (Å²) in [5.74, 6) is 0.686. The molecule has 38 heavy (non-hydrogen) atoms. The van der Waals surface area contributed by atoms with Crippen molar-refractivity contribution in [1.29, 1.82) is 0 Å². The lowest BCUT2D eigenvalue weighted by molar-refractivity contribution is -0.123. The zero-order valence-electron chi connectivity index (χ0n) is 23.7. The van der Waals surface area contributed by atoms with Gasteiger partial charge >= 0.3 is 0 Å². The van der Waals surface area contributed by atoms with E-state index in [4.69, 9.17) is 21.1 Å². The first kappa shape index (κ1) is 27.3. The number of halogens is 1. The van der Waals surface area contributed by atoms with Crippen LogP contribution in [0, 0.1) is 12.8 Å². The van der Waals surface area contributed by atoms with Crippen LogP contribution < -0.4 is 9.47 Å². The van der Waals surface area contributed by atoms with E-state index in [1.807, 2.05) is 25.7 Å². The Hall–Kier alpha value is -2.31. The SMILES string of the molecule is CCCC1=C(CN2CCc3c(Cl)c4c(c(C)c3C2=O)OC(C)(C2CCC(N(C)C)CC2)O4)C(=O)CC(C)=C1. The summed E-state index contributed by atoms with van der Waals surface area (Å²) in [5, 5.41) is 0.498. The number of benzene rings is 1. The molecule has 0 aromatic heterocycles. The monoisotopic (exact) mass is 540 g/mol. The number of ketones is 1. The van der Waals surface area contributed by atoms with Crippen molar-refractivity contribution < 1.29 is 19.1 Å². The van der Waals surface area contributed by atoms with Gasteiger partial charge in [-0.2, -0.15) is 0 Å². The van der Waals surface area contributed by atoms with Crippen LogP contribution in [0.25, 0.3) is 0 Å². The molecule has 2 aliphatic carbocycles. The number of ether oxygens (including phenoxy) is 2. The van der Waals surface area contributed by atoms with Crippen LogP contribution in [-0.4, -0.2) is 60.5 Å². The van der Waals surface area contributed by atoms with Crippen LogP contribution in [0.4, 0.5) is 0 Å². The minimum atomic E-state index is -0.792. The molecule has 2 aliphatic heterocycles. The van der Waals surface area contributed by atoms with Gasteiger partial charge in [-0.05, 0) is 77.6 Å². The van der Waals surface area contributed by atoms with Gasteiger partial charge in [-0.3, -0.25) is 9.59 Å². The van der Waals surface area contributed by atoms with Crippen LogP contribution in [0.3, 0.4) is 0 Å². The second-order valence-electron chi connectivity index (χ2n) is 12.0. The fourth-order valence-electron chi connectivity index (χ4n) is 6.81. The quantitative estimate of drug-likeness (QED) is 0.425. The average molecular weight is 541 g/mol. The summed E-state index contributed by atoms with van der Waals surface area (Å²) in [6, 6.07) is 0.586. The summed E-state index contributed by atoms with van der Waals surface area (Å²) < 4.78 is 13.1. The predicted molar refractivity (Wildman–Crippen MR) is 150 cm³/mol. The molecule has 0 saturated heterocycles. The molecule has 6 nitrogen and oxygen atoms in total. The van der Waals surface area contributed by atoms with Gasteiger partial charge in [0.2, 0.25) is 0 Å². The molecular weight excluding hydrogens is 500 g/mol. The first-order valence-electron chi connectivity index (χ1n) is 14.1. The number of fused-ring (bicyclic) bond motifs is 2. The number of carbonyl (C=O) groups excluding carboxylic acids is 2. The number of rotatable bonds is 6. The van der Waals surface area contributed by atoms with Gasteiger partial charge in [0.15, 0.2) is 17.3 Å². The molecule has 0 bridgehead atoms. The van der Waals surface area contributed by atoms with Crippen molar-refractivity contribution in [2.45, 2.75) is 90.9 Å². The van der Waals surface area contributed by atoms with Crippen molar-refractivity contribution in [3.05, 3.63) is 44.5 Å². The Labute approximate surface area is 232 Å². The van der Waals surface area contributed by atoms with Crippen molar-refractivity contribution in [3.8, 4) is 11.5 Å². The second-order valence-corrected chi connectivity index (χ2v) is 12.3. The molecule has 1 fully saturated rings. The number of Topliss-reactive ketones (excluding diaryl/α,β-unsaturated/α-hetero) is 1. The Kier molecular flexibility index (Phi) is 7.42. The minimum absolute atomic E-state index is 0.0837. The Morgan fingerprint density at radius 3 is 2.45 bits per heavy atom. The van der Waals surface area contributed by atoms with Crippen LogP contribution >= 0.6 is 11.6 Å². The molecule has 5 rings (SSSR count). The number of allylic oxidation sites excluding steroid dienone is 3. The summed E-state index contributed by atoms with van der Waals surface area (Å²) in [6.45, 7) is 8.94. The van der Waals surface area contributed by atoms with Crippen LogP contribution in [0.15, 0.2) is 22.8 Å². The van der Waals surface area contributed by atoms with Gasteiger partial charge in [-0.25, -0.2) is 0 Å². The number of amides is 1. The summed E-state index contributed by atoms with van der Waals surface area (Å²) in [5.41, 5.74) is 5.16. The molecule has 1 saturated carbocycles. The van der Waals surface area contributed by atoms with Crippen molar-refractivity contribution in [3.63, 3.8) is 0 Å². The first-order chi connectivity index (χ1) is 18.0. The van der Waals surface area contributed by atoms with E-state index < -0.39 is 5.79 Å². The maximum Gasteiger partial charge on any atom is 0.254 e. The third-order valence-electron chi connectivity index (χ3n) is 9.05. The van der Waals surface area contributed by atoms with Gasteiger partial charge in [-0.15, -0.1) is 0 Å². The maximum absolute atomic E-state index is 13.9. The molecule has 7 heteroatoms. The lowest BCUT2D eigenvalue weighted by Crippen LogP contribution is -2.46. The van der Waals surface area contributed by atoms with Gasteiger partial charge < -0.3 is 19.3 Å². The largest absolute Gasteiger partial charge is 0.448 e. The fraction of sp³-hybridized carbons (Fsp3) is 0.613. The number of carbonyl (C=O) groups is 2. The standard InChI is InChI=1S/C31H41ClN2O4/c1-7-8-20-15-18(2)16-25(35)24(20)17-34-14-13-23-26(30(34)36)19(3)28-29(27(23)32)38-31(4,37-28)21-9-11-22(12-10-21)33(5)6/h15,21-22H,7-14,16-17H2,1-6H3. The van der Waals surface area contributed by atoms with Gasteiger partial charge in [0, 0.05) is 49.5 Å². The van der Waals surface area contributed by atoms with E-state index in [-0.39, 0.29) is 17.6 Å². The fourth-order valence-corrected chi connectivity index (χ4v) is 7.12. The van der Waals surface area contributed by atoms with E-state index in [2.05, 4.69) is 32.0 Å². The smallest absolute Gasteiger partial charge is 0.254 e. The first-order valence-corrected chi connectivity index (χ1v) is 14.5. The molecule has 2 heterocycles. The van der Waals surface area contributed by atoms with Gasteiger partial charge in [0.25, 0.3) is 11.7 Å². The number of hydrogen-bond donors (Lipinski definition) is 0. The lowest BCUT2D eigenvalue weighted by atomic mass is 9.81. The Morgan fingerprint density at radius 2 is 1.79 bits per heavy atom. The van der Waals surface area contributed by atoms with E-state index in [0.29, 0.717) is 54.1 Å². The molecule has 1 unspecified atom stereocenters. The van der Waals surface area contributed by atoms with E-state index in [1.165, 1.54) is 0 Å². The molecule has 206 valence electrons. The van der Waals surface area contributed by atoms with Crippen molar-refractivity contribution in [2.24, 2.45) is 5.92 Å². The number of nitrogens with zero attached hydrogens (tertiary/aromatic N) is 2. The van der Waals surface area contributed by atoms with Crippen molar-refractivity contribution in [2.75, 3.05) is 27.2 Å². The zero-order valence-corrected chi connectivity index (χ0v) is 24.5. The van der Waals surface area contributed by atoms with Gasteiger partial charge in [0.1, 0.15) is 0 Å². The molecule has 0 radical (unpaired) electrons. The highest BCUT2D eigenvalue weighted by Gasteiger charge is 2.48. The Bertz CT molecular complexity index is 1220. The van der Waals surface area contributed by atoms with Crippen LogP contribution in [0.5, 0.6) is 11.5 Å². The van der Waals surface area contributed by atoms with Crippen LogP contribution in [0.2, 0.25) is 5.02 Å². The van der Waals surface area contributed by atoms with Crippen molar-refractivity contribution >= 4 is 23.3 Å². The zero-order chi connectivity index (χ0) is 27.4. The van der Waals surface area contributed by atoms with E-state index >= 15 is 0 Å². The highest BCUT2D eigenvalue weighted by molar-refractivity contribution is 6.34. The third-order valence-corrected chi connectivity index (χ3v) is 9.45. The van der Waals surface area contributed by atoms with Gasteiger partial charge in [-0.1, -0.05) is 36.6 Å². The molecule has 1 aromatic rings. The second kappa shape index (κ2) is 10.3. The third kappa shape index (κ3) is 4.68. The van der Waals surface area contributed by atoms with E-state index in [9.17, 15) is 9.59 Å². The molecule has 1 atom stereocenters. The Morgan fingerprint density at radius 1 is 1.11 bits per heavy atom.